The lowest BCUT2D eigenvalue weighted by Gasteiger charge is -2.32. The molecular weight excluding hydrogens is 272 g/mol. The summed E-state index contributed by atoms with van der Waals surface area (Å²) in [6.07, 6.45) is 0.807. The van der Waals surface area contributed by atoms with Crippen molar-refractivity contribution in [3.05, 3.63) is 46.2 Å². The number of hydrogen-bond donors (Lipinski definition) is 1. The maximum absolute atomic E-state index is 12.7. The number of nitrogens with zero attached hydrogens (tertiary/aromatic N) is 1. The van der Waals surface area contributed by atoms with Crippen LogP contribution < -0.4 is 15.4 Å². The highest BCUT2D eigenvalue weighted by atomic mass is 32.1. The summed E-state index contributed by atoms with van der Waals surface area (Å²) in [7, 11) is 1.58. The van der Waals surface area contributed by atoms with Gasteiger partial charge in [0, 0.05) is 18.3 Å². The molecule has 5 heteroatoms. The van der Waals surface area contributed by atoms with E-state index in [1.54, 1.807) is 12.0 Å². The number of ether oxygens (including phenoxy) is 1. The molecule has 1 aliphatic rings. The molecule has 4 nitrogen and oxygen atoms in total. The molecule has 2 N–H and O–H groups in total. The Kier molecular flexibility index (Phi) is 3.46. The molecule has 1 amide bonds. The predicted molar refractivity (Wildman–Crippen MR) is 80.7 cm³/mol. The molecular formula is C15H16N2O2S. The van der Waals surface area contributed by atoms with Crippen molar-refractivity contribution < 1.29 is 9.53 Å². The molecule has 1 aliphatic heterocycles. The molecule has 104 valence electrons. The molecule has 0 spiro atoms. The van der Waals surface area contributed by atoms with Crippen molar-refractivity contribution in [2.24, 2.45) is 5.73 Å². The van der Waals surface area contributed by atoms with Crippen molar-refractivity contribution >= 4 is 22.9 Å². The Bertz CT molecular complexity index is 638. The van der Waals surface area contributed by atoms with E-state index >= 15 is 0 Å². The van der Waals surface area contributed by atoms with Crippen LogP contribution in [-0.4, -0.2) is 25.6 Å². The largest absolute Gasteiger partial charge is 0.495 e. The van der Waals surface area contributed by atoms with Gasteiger partial charge < -0.3 is 15.4 Å². The van der Waals surface area contributed by atoms with Crippen molar-refractivity contribution in [2.45, 2.75) is 12.5 Å². The number of para-hydroxylation sites is 1. The third-order valence-corrected chi connectivity index (χ3v) is 4.35. The fraction of sp³-hybridized carbons (Fsp3) is 0.267. The number of amides is 1. The van der Waals surface area contributed by atoms with Gasteiger partial charge in [-0.2, -0.15) is 0 Å². The van der Waals surface area contributed by atoms with Crippen molar-refractivity contribution in [1.29, 1.82) is 0 Å². The molecule has 2 heterocycles. The first-order chi connectivity index (χ1) is 9.70. The van der Waals surface area contributed by atoms with Crippen LogP contribution >= 0.6 is 11.3 Å². The highest BCUT2D eigenvalue weighted by Crippen LogP contribution is 2.32. The number of carbonyl (C=O) groups is 1. The lowest BCUT2D eigenvalue weighted by molar-refractivity contribution is 0.0984. The second-order valence-electron chi connectivity index (χ2n) is 4.83. The summed E-state index contributed by atoms with van der Waals surface area (Å²) in [6.45, 7) is 0.539. The zero-order chi connectivity index (χ0) is 14.1. The quantitative estimate of drug-likeness (QED) is 0.922. The average Bonchev–Trinajstić information content (AvgIpc) is 2.94. The number of nitrogens with two attached hydrogens (primary N) is 1. The highest BCUT2D eigenvalue weighted by Gasteiger charge is 2.29. The number of rotatable bonds is 2. The Balaban J connectivity index is 2.00. The number of carbonyl (C=O) groups excluding carboxylic acids is 1. The van der Waals surface area contributed by atoms with E-state index in [0.29, 0.717) is 17.2 Å². The first kappa shape index (κ1) is 13.1. The summed E-state index contributed by atoms with van der Waals surface area (Å²) < 4.78 is 5.24. The summed E-state index contributed by atoms with van der Waals surface area (Å²) in [6, 6.07) is 9.71. The van der Waals surface area contributed by atoms with Gasteiger partial charge in [-0.15, -0.1) is 11.3 Å². The molecule has 1 aromatic heterocycles. The molecule has 0 fully saturated rings. The van der Waals surface area contributed by atoms with Gasteiger partial charge in [0.05, 0.1) is 7.11 Å². The topological polar surface area (TPSA) is 55.6 Å². The van der Waals surface area contributed by atoms with Gasteiger partial charge in [-0.1, -0.05) is 18.2 Å². The Labute approximate surface area is 121 Å². The molecule has 3 rings (SSSR count). The Morgan fingerprint density at radius 2 is 2.20 bits per heavy atom. The van der Waals surface area contributed by atoms with Crippen molar-refractivity contribution in [1.82, 2.24) is 0 Å². The maximum atomic E-state index is 12.7. The van der Waals surface area contributed by atoms with Gasteiger partial charge in [0.2, 0.25) is 0 Å². The first-order valence-corrected chi connectivity index (χ1v) is 7.35. The van der Waals surface area contributed by atoms with Crippen LogP contribution in [0.3, 0.4) is 0 Å². The van der Waals surface area contributed by atoms with E-state index in [-0.39, 0.29) is 11.9 Å². The molecule has 2 aromatic rings. The zero-order valence-electron chi connectivity index (χ0n) is 11.2. The minimum atomic E-state index is -0.0422. The van der Waals surface area contributed by atoms with Crippen LogP contribution in [0.5, 0.6) is 5.75 Å². The van der Waals surface area contributed by atoms with Crippen LogP contribution in [0.25, 0.3) is 0 Å². The van der Waals surface area contributed by atoms with E-state index in [1.165, 1.54) is 11.3 Å². The SMILES string of the molecule is COc1ccsc1C(=O)N1CC(N)Cc2ccccc21. The van der Waals surface area contributed by atoms with Gasteiger partial charge in [0.25, 0.3) is 5.91 Å². The first-order valence-electron chi connectivity index (χ1n) is 6.47. The average molecular weight is 288 g/mol. The fourth-order valence-electron chi connectivity index (χ4n) is 2.56. The van der Waals surface area contributed by atoms with E-state index in [0.717, 1.165) is 17.7 Å². The molecule has 1 aromatic carbocycles. The number of hydrogen-bond acceptors (Lipinski definition) is 4. The smallest absolute Gasteiger partial charge is 0.272 e. The van der Waals surface area contributed by atoms with E-state index in [4.69, 9.17) is 10.5 Å². The number of benzene rings is 1. The standard InChI is InChI=1S/C15H16N2O2S/c1-19-13-6-7-20-14(13)15(18)17-9-11(16)8-10-4-2-3-5-12(10)17/h2-7,11H,8-9,16H2,1H3. The van der Waals surface area contributed by atoms with E-state index in [2.05, 4.69) is 0 Å². The molecule has 1 unspecified atom stereocenters. The summed E-state index contributed by atoms with van der Waals surface area (Å²) in [5.74, 6) is 0.580. The highest BCUT2D eigenvalue weighted by molar-refractivity contribution is 7.12. The minimum absolute atomic E-state index is 0.0280. The molecule has 0 saturated heterocycles. The molecule has 1 atom stereocenters. The summed E-state index contributed by atoms with van der Waals surface area (Å²) in [4.78, 5) is 15.1. The lowest BCUT2D eigenvalue weighted by atomic mass is 9.98. The Morgan fingerprint density at radius 3 is 3.00 bits per heavy atom. The predicted octanol–water partition coefficient (Wildman–Crippen LogP) is 2.29. The third kappa shape index (κ3) is 2.19. The van der Waals surface area contributed by atoms with Crippen LogP contribution in [-0.2, 0) is 6.42 Å². The van der Waals surface area contributed by atoms with Crippen LogP contribution in [0, 0.1) is 0 Å². The van der Waals surface area contributed by atoms with E-state index in [9.17, 15) is 4.79 Å². The van der Waals surface area contributed by atoms with Crippen molar-refractivity contribution in [3.63, 3.8) is 0 Å². The van der Waals surface area contributed by atoms with Crippen LogP contribution in [0.2, 0.25) is 0 Å². The third-order valence-electron chi connectivity index (χ3n) is 3.47. The molecule has 0 aliphatic carbocycles. The van der Waals surface area contributed by atoms with E-state index < -0.39 is 0 Å². The van der Waals surface area contributed by atoms with Crippen LogP contribution in [0.15, 0.2) is 35.7 Å². The molecule has 0 saturated carbocycles. The van der Waals surface area contributed by atoms with Gasteiger partial charge >= 0.3 is 0 Å². The molecule has 0 radical (unpaired) electrons. The molecule has 20 heavy (non-hydrogen) atoms. The van der Waals surface area contributed by atoms with Gasteiger partial charge in [-0.25, -0.2) is 0 Å². The second-order valence-corrected chi connectivity index (χ2v) is 5.74. The van der Waals surface area contributed by atoms with E-state index in [1.807, 2.05) is 35.7 Å². The second kappa shape index (κ2) is 5.26. The van der Waals surface area contributed by atoms with Crippen molar-refractivity contribution in [3.8, 4) is 5.75 Å². The zero-order valence-corrected chi connectivity index (χ0v) is 12.0. The van der Waals surface area contributed by atoms with Crippen molar-refractivity contribution in [2.75, 3.05) is 18.6 Å². The monoisotopic (exact) mass is 288 g/mol. The normalized spacial score (nSPS) is 17.7. The molecule has 0 bridgehead atoms. The Morgan fingerprint density at radius 1 is 1.40 bits per heavy atom. The fourth-order valence-corrected chi connectivity index (χ4v) is 3.36. The summed E-state index contributed by atoms with van der Waals surface area (Å²) in [5.41, 5.74) is 8.15. The van der Waals surface area contributed by atoms with Gasteiger partial charge in [-0.05, 0) is 29.5 Å². The van der Waals surface area contributed by atoms with Gasteiger partial charge in [0.1, 0.15) is 10.6 Å². The van der Waals surface area contributed by atoms with Crippen LogP contribution in [0.4, 0.5) is 5.69 Å². The summed E-state index contributed by atoms with van der Waals surface area (Å²) >= 11 is 1.39. The number of anilines is 1. The number of thiophene rings is 1. The number of methoxy groups -OCH3 is 1. The summed E-state index contributed by atoms with van der Waals surface area (Å²) in [5, 5.41) is 1.86. The lowest BCUT2D eigenvalue weighted by Crippen LogP contribution is -2.46. The van der Waals surface area contributed by atoms with Gasteiger partial charge in [-0.3, -0.25) is 4.79 Å². The number of fused-ring (bicyclic) bond motifs is 1. The maximum Gasteiger partial charge on any atom is 0.272 e. The van der Waals surface area contributed by atoms with Crippen LogP contribution in [0.1, 0.15) is 15.2 Å². The Hall–Kier alpha value is -1.85. The minimum Gasteiger partial charge on any atom is -0.495 e. The van der Waals surface area contributed by atoms with Gasteiger partial charge in [0.15, 0.2) is 0 Å².